The van der Waals surface area contributed by atoms with Crippen molar-refractivity contribution in [3.8, 4) is 0 Å². The number of aryl methyl sites for hydroxylation is 2. The molecule has 1 heteroatoms. The van der Waals surface area contributed by atoms with Crippen LogP contribution in [0, 0.1) is 13.8 Å². The number of rotatable bonds is 4. The van der Waals surface area contributed by atoms with Crippen LogP contribution in [0.5, 0.6) is 0 Å². The summed E-state index contributed by atoms with van der Waals surface area (Å²) in [7, 11) is 0. The molecule has 0 aliphatic heterocycles. The van der Waals surface area contributed by atoms with Crippen molar-refractivity contribution >= 4 is 0 Å². The molecule has 1 aliphatic rings. The molecule has 1 saturated carbocycles. The van der Waals surface area contributed by atoms with Crippen molar-refractivity contribution in [2.75, 3.05) is 0 Å². The highest BCUT2D eigenvalue weighted by atomic mass is 15.0. The van der Waals surface area contributed by atoms with Crippen molar-refractivity contribution < 1.29 is 0 Å². The van der Waals surface area contributed by atoms with Gasteiger partial charge in [-0.1, -0.05) is 54.1 Å². The fourth-order valence-corrected chi connectivity index (χ4v) is 3.42. The Bertz CT molecular complexity index is 596. The Morgan fingerprint density at radius 2 is 1.71 bits per heavy atom. The van der Waals surface area contributed by atoms with E-state index in [4.69, 9.17) is 0 Å². The second-order valence-corrected chi connectivity index (χ2v) is 6.52. The molecule has 0 bridgehead atoms. The monoisotopic (exact) mass is 279 g/mol. The summed E-state index contributed by atoms with van der Waals surface area (Å²) in [4.78, 5) is 0. The van der Waals surface area contributed by atoms with Gasteiger partial charge in [0.2, 0.25) is 0 Å². The highest BCUT2D eigenvalue weighted by molar-refractivity contribution is 5.33. The first kappa shape index (κ1) is 14.3. The normalized spacial score (nSPS) is 22.6. The van der Waals surface area contributed by atoms with Gasteiger partial charge in [0.1, 0.15) is 0 Å². The minimum atomic E-state index is 0.437. The van der Waals surface area contributed by atoms with E-state index in [0.717, 1.165) is 5.92 Å². The van der Waals surface area contributed by atoms with Gasteiger partial charge in [-0.2, -0.15) is 0 Å². The van der Waals surface area contributed by atoms with Crippen molar-refractivity contribution in [2.45, 2.75) is 51.6 Å². The van der Waals surface area contributed by atoms with E-state index in [1.54, 1.807) is 0 Å². The first-order valence-corrected chi connectivity index (χ1v) is 8.01. The number of hydrogen-bond donors (Lipinski definition) is 1. The molecule has 1 aliphatic carbocycles. The van der Waals surface area contributed by atoms with Crippen LogP contribution in [0.4, 0.5) is 0 Å². The Kier molecular flexibility index (Phi) is 4.12. The smallest absolute Gasteiger partial charge is 0.0297 e. The zero-order valence-electron chi connectivity index (χ0n) is 13.3. The predicted octanol–water partition coefficient (Wildman–Crippen LogP) is 4.90. The summed E-state index contributed by atoms with van der Waals surface area (Å²) in [5, 5.41) is 3.80. The fraction of sp³-hybridized carbons (Fsp3) is 0.400. The number of benzene rings is 2. The molecule has 2 aromatic carbocycles. The molecule has 1 fully saturated rings. The van der Waals surface area contributed by atoms with E-state index in [-0.39, 0.29) is 0 Å². The molecule has 0 heterocycles. The van der Waals surface area contributed by atoms with Crippen LogP contribution in [0.15, 0.2) is 48.5 Å². The number of hydrogen-bond acceptors (Lipinski definition) is 1. The maximum absolute atomic E-state index is 3.80. The number of nitrogens with one attached hydrogen (secondary N) is 1. The maximum atomic E-state index is 3.80. The van der Waals surface area contributed by atoms with E-state index in [1.165, 1.54) is 35.1 Å². The molecule has 0 amide bonds. The molecule has 0 aromatic heterocycles. The van der Waals surface area contributed by atoms with Crippen molar-refractivity contribution in [2.24, 2.45) is 0 Å². The Morgan fingerprint density at radius 1 is 1.00 bits per heavy atom. The molecule has 0 spiro atoms. The molecule has 3 rings (SSSR count). The zero-order valence-corrected chi connectivity index (χ0v) is 13.3. The van der Waals surface area contributed by atoms with Gasteiger partial charge in [0.05, 0.1) is 0 Å². The summed E-state index contributed by atoms with van der Waals surface area (Å²) in [5.74, 6) is 0.745. The molecular formula is C20H25N. The van der Waals surface area contributed by atoms with Crippen LogP contribution in [-0.4, -0.2) is 6.04 Å². The predicted molar refractivity (Wildman–Crippen MR) is 89.7 cm³/mol. The first-order chi connectivity index (χ1) is 10.1. The molecule has 0 saturated heterocycles. The van der Waals surface area contributed by atoms with E-state index in [9.17, 15) is 0 Å². The van der Waals surface area contributed by atoms with Gasteiger partial charge in [0.25, 0.3) is 0 Å². The Labute approximate surface area is 128 Å². The van der Waals surface area contributed by atoms with E-state index in [1.807, 2.05) is 0 Å². The van der Waals surface area contributed by atoms with Gasteiger partial charge in [0, 0.05) is 12.1 Å². The van der Waals surface area contributed by atoms with Crippen LogP contribution in [0.2, 0.25) is 0 Å². The summed E-state index contributed by atoms with van der Waals surface area (Å²) in [6, 6.07) is 18.8. The van der Waals surface area contributed by atoms with Gasteiger partial charge in [0.15, 0.2) is 0 Å². The Balaban J connectivity index is 1.58. The van der Waals surface area contributed by atoms with Crippen molar-refractivity contribution in [3.05, 3.63) is 70.8 Å². The lowest BCUT2D eigenvalue weighted by Gasteiger charge is -2.38. The lowest BCUT2D eigenvalue weighted by molar-refractivity contribution is 0.270. The fourth-order valence-electron chi connectivity index (χ4n) is 3.42. The third-order valence-electron chi connectivity index (χ3n) is 4.80. The second-order valence-electron chi connectivity index (χ2n) is 6.52. The first-order valence-electron chi connectivity index (χ1n) is 8.01. The molecule has 1 N–H and O–H groups in total. The molecular weight excluding hydrogens is 254 g/mol. The summed E-state index contributed by atoms with van der Waals surface area (Å²) < 4.78 is 0. The van der Waals surface area contributed by atoms with E-state index < -0.39 is 0 Å². The van der Waals surface area contributed by atoms with Gasteiger partial charge in [-0.05, 0) is 56.2 Å². The molecule has 0 radical (unpaired) electrons. The summed E-state index contributed by atoms with van der Waals surface area (Å²) in [6.45, 7) is 6.67. The summed E-state index contributed by atoms with van der Waals surface area (Å²) in [6.07, 6.45) is 2.53. The van der Waals surface area contributed by atoms with Crippen molar-refractivity contribution in [1.82, 2.24) is 5.32 Å². The molecule has 21 heavy (non-hydrogen) atoms. The second kappa shape index (κ2) is 6.03. The SMILES string of the molecule is Cc1ccc(C)c(C(C)NC2CC(c3ccccc3)C2)c1. The zero-order chi connectivity index (χ0) is 14.8. The van der Waals surface area contributed by atoms with Crippen LogP contribution in [0.1, 0.15) is 54.0 Å². The van der Waals surface area contributed by atoms with Crippen LogP contribution < -0.4 is 5.32 Å². The Morgan fingerprint density at radius 3 is 2.43 bits per heavy atom. The van der Waals surface area contributed by atoms with Crippen molar-refractivity contribution in [3.63, 3.8) is 0 Å². The largest absolute Gasteiger partial charge is 0.307 e. The highest BCUT2D eigenvalue weighted by Gasteiger charge is 2.31. The van der Waals surface area contributed by atoms with Gasteiger partial charge in [-0.15, -0.1) is 0 Å². The average Bonchev–Trinajstić information content (AvgIpc) is 2.45. The molecule has 110 valence electrons. The molecule has 1 nitrogen and oxygen atoms in total. The Hall–Kier alpha value is -1.60. The minimum Gasteiger partial charge on any atom is -0.307 e. The minimum absolute atomic E-state index is 0.437. The van der Waals surface area contributed by atoms with Crippen LogP contribution in [0.3, 0.4) is 0 Å². The topological polar surface area (TPSA) is 12.0 Å². The van der Waals surface area contributed by atoms with E-state index in [0.29, 0.717) is 12.1 Å². The van der Waals surface area contributed by atoms with Crippen LogP contribution in [0.25, 0.3) is 0 Å². The lowest BCUT2D eigenvalue weighted by Crippen LogP contribution is -2.41. The highest BCUT2D eigenvalue weighted by Crippen LogP contribution is 2.37. The van der Waals surface area contributed by atoms with Gasteiger partial charge < -0.3 is 5.32 Å². The van der Waals surface area contributed by atoms with Gasteiger partial charge in [-0.3, -0.25) is 0 Å². The lowest BCUT2D eigenvalue weighted by atomic mass is 9.75. The quantitative estimate of drug-likeness (QED) is 0.839. The summed E-state index contributed by atoms with van der Waals surface area (Å²) in [5.41, 5.74) is 5.67. The standard InChI is InChI=1S/C20H25N/c1-14-9-10-15(2)20(11-14)16(3)21-19-12-18(13-19)17-7-5-4-6-8-17/h4-11,16,18-19,21H,12-13H2,1-3H3. The third kappa shape index (κ3) is 3.19. The molecule has 2 aromatic rings. The van der Waals surface area contributed by atoms with Crippen LogP contribution >= 0.6 is 0 Å². The summed E-state index contributed by atoms with van der Waals surface area (Å²) >= 11 is 0. The van der Waals surface area contributed by atoms with E-state index >= 15 is 0 Å². The molecule has 1 unspecified atom stereocenters. The van der Waals surface area contributed by atoms with Crippen LogP contribution in [-0.2, 0) is 0 Å². The van der Waals surface area contributed by atoms with Gasteiger partial charge in [-0.25, -0.2) is 0 Å². The maximum Gasteiger partial charge on any atom is 0.0297 e. The van der Waals surface area contributed by atoms with Crippen molar-refractivity contribution in [1.29, 1.82) is 0 Å². The third-order valence-corrected chi connectivity index (χ3v) is 4.80. The molecule has 1 atom stereocenters. The van der Waals surface area contributed by atoms with E-state index in [2.05, 4.69) is 74.6 Å². The van der Waals surface area contributed by atoms with Gasteiger partial charge >= 0.3 is 0 Å². The average molecular weight is 279 g/mol.